The summed E-state index contributed by atoms with van der Waals surface area (Å²) in [5.74, 6) is 0.446. The van der Waals surface area contributed by atoms with Crippen LogP contribution in [0.5, 0.6) is 0 Å². The topological polar surface area (TPSA) is 51.8 Å². The Bertz CT molecular complexity index is 403. The quantitative estimate of drug-likeness (QED) is 0.645. The Balaban J connectivity index is 2.56. The largest absolute Gasteiger partial charge is 0.382 e. The Hall–Kier alpha value is -1.90. The third-order valence-electron chi connectivity index (χ3n) is 1.69. The zero-order valence-corrected chi connectivity index (χ0v) is 7.01. The molecule has 1 aliphatic rings. The van der Waals surface area contributed by atoms with Crippen molar-refractivity contribution in [3.63, 3.8) is 0 Å². The lowest BCUT2D eigenvalue weighted by Crippen LogP contribution is -1.97. The summed E-state index contributed by atoms with van der Waals surface area (Å²) in [6, 6.07) is 0. The average molecular weight is 171 g/mol. The Morgan fingerprint density at radius 2 is 1.62 bits per heavy atom. The highest BCUT2D eigenvalue weighted by Gasteiger charge is 1.99. The predicted molar refractivity (Wildman–Crippen MR) is 53.7 cm³/mol. The smallest absolute Gasteiger partial charge is 0.142 e. The summed E-state index contributed by atoms with van der Waals surface area (Å²) in [7, 11) is 0. The van der Waals surface area contributed by atoms with Crippen LogP contribution in [0.15, 0.2) is 30.5 Å². The molecule has 3 heteroatoms. The van der Waals surface area contributed by atoms with Crippen molar-refractivity contribution in [3.05, 3.63) is 41.9 Å². The van der Waals surface area contributed by atoms with E-state index in [1.165, 1.54) is 0 Å². The minimum absolute atomic E-state index is 0.446. The summed E-state index contributed by atoms with van der Waals surface area (Å²) in [5.41, 5.74) is 7.17. The molecule has 0 fully saturated rings. The molecule has 0 bridgehead atoms. The van der Waals surface area contributed by atoms with Gasteiger partial charge in [-0.25, -0.2) is 4.98 Å². The second-order valence-corrected chi connectivity index (χ2v) is 2.67. The van der Waals surface area contributed by atoms with Gasteiger partial charge in [-0.05, 0) is 12.2 Å². The molecule has 0 unspecified atom stereocenters. The summed E-state index contributed by atoms with van der Waals surface area (Å²) in [4.78, 5) is 8.32. The normalized spacial score (nSPS) is 20.9. The molecule has 1 aliphatic carbocycles. The summed E-state index contributed by atoms with van der Waals surface area (Å²) in [6.45, 7) is 0. The van der Waals surface area contributed by atoms with E-state index in [0.717, 1.165) is 11.4 Å². The highest BCUT2D eigenvalue weighted by Crippen LogP contribution is 2.11. The lowest BCUT2D eigenvalue weighted by atomic mass is 10.2. The van der Waals surface area contributed by atoms with Gasteiger partial charge in [-0.1, -0.05) is 24.3 Å². The first kappa shape index (κ1) is 7.73. The van der Waals surface area contributed by atoms with E-state index in [1.807, 2.05) is 36.5 Å². The Kier molecular flexibility index (Phi) is 1.92. The fourth-order valence-corrected chi connectivity index (χ4v) is 1.10. The van der Waals surface area contributed by atoms with E-state index in [4.69, 9.17) is 5.73 Å². The fraction of sp³-hybridized carbons (Fsp3) is 0. The molecular weight excluding hydrogens is 162 g/mol. The number of nitrogen functional groups attached to an aromatic ring is 1. The van der Waals surface area contributed by atoms with Crippen LogP contribution in [0.2, 0.25) is 0 Å². The van der Waals surface area contributed by atoms with Crippen LogP contribution < -0.4 is 5.73 Å². The van der Waals surface area contributed by atoms with Crippen LogP contribution >= 0.6 is 0 Å². The van der Waals surface area contributed by atoms with E-state index >= 15 is 0 Å². The highest BCUT2D eigenvalue weighted by molar-refractivity contribution is 5.63. The van der Waals surface area contributed by atoms with E-state index in [9.17, 15) is 0 Å². The Labute approximate surface area is 76.3 Å². The molecule has 3 nitrogen and oxygen atoms in total. The van der Waals surface area contributed by atoms with E-state index in [2.05, 4.69) is 9.97 Å². The van der Waals surface area contributed by atoms with Crippen LogP contribution in [-0.2, 0) is 0 Å². The number of rotatable bonds is 0. The molecule has 2 rings (SSSR count). The first-order valence-electron chi connectivity index (χ1n) is 4.00. The molecule has 0 radical (unpaired) electrons. The van der Waals surface area contributed by atoms with Crippen molar-refractivity contribution in [1.29, 1.82) is 0 Å². The lowest BCUT2D eigenvalue weighted by molar-refractivity contribution is 1.17. The van der Waals surface area contributed by atoms with Crippen LogP contribution in [0.4, 0.5) is 5.82 Å². The van der Waals surface area contributed by atoms with Gasteiger partial charge in [0.25, 0.3) is 0 Å². The molecule has 13 heavy (non-hydrogen) atoms. The summed E-state index contributed by atoms with van der Waals surface area (Å²) in [5, 5.41) is 0. The van der Waals surface area contributed by atoms with Crippen molar-refractivity contribution in [2.45, 2.75) is 0 Å². The van der Waals surface area contributed by atoms with Crippen molar-refractivity contribution in [3.8, 4) is 0 Å². The zero-order valence-electron chi connectivity index (χ0n) is 7.01. The van der Waals surface area contributed by atoms with Gasteiger partial charge in [0.2, 0.25) is 0 Å². The second kappa shape index (κ2) is 3.23. The van der Waals surface area contributed by atoms with Crippen molar-refractivity contribution in [2.24, 2.45) is 0 Å². The van der Waals surface area contributed by atoms with Crippen LogP contribution in [0.1, 0.15) is 11.4 Å². The lowest BCUT2D eigenvalue weighted by Gasteiger charge is -2.00. The van der Waals surface area contributed by atoms with Gasteiger partial charge in [0, 0.05) is 0 Å². The number of anilines is 1. The first-order valence-corrected chi connectivity index (χ1v) is 4.00. The minimum Gasteiger partial charge on any atom is -0.382 e. The van der Waals surface area contributed by atoms with Crippen molar-refractivity contribution in [2.75, 3.05) is 5.73 Å². The highest BCUT2D eigenvalue weighted by atomic mass is 14.9. The molecule has 1 aromatic heterocycles. The molecule has 1 aromatic rings. The molecule has 0 saturated carbocycles. The summed E-state index contributed by atoms with van der Waals surface area (Å²) >= 11 is 0. The maximum Gasteiger partial charge on any atom is 0.142 e. The Morgan fingerprint density at radius 1 is 0.923 bits per heavy atom. The number of fused-ring (bicyclic) bond motifs is 1. The number of aromatic nitrogens is 2. The maximum absolute atomic E-state index is 5.52. The van der Waals surface area contributed by atoms with Gasteiger partial charge in [0.1, 0.15) is 5.82 Å². The Morgan fingerprint density at radius 3 is 2.38 bits per heavy atom. The summed E-state index contributed by atoms with van der Waals surface area (Å²) in [6.07, 6.45) is 13.1. The van der Waals surface area contributed by atoms with Crippen LogP contribution in [0.3, 0.4) is 0 Å². The third kappa shape index (κ3) is 1.64. The summed E-state index contributed by atoms with van der Waals surface area (Å²) < 4.78 is 0. The number of nitrogens with zero attached hydrogens (tertiary/aromatic N) is 2. The van der Waals surface area contributed by atoms with Gasteiger partial charge in [-0.15, -0.1) is 0 Å². The fourth-order valence-electron chi connectivity index (χ4n) is 1.10. The van der Waals surface area contributed by atoms with Crippen molar-refractivity contribution >= 4 is 18.0 Å². The van der Waals surface area contributed by atoms with E-state index < -0.39 is 0 Å². The first-order chi connectivity index (χ1) is 6.36. The van der Waals surface area contributed by atoms with Crippen molar-refractivity contribution < 1.29 is 0 Å². The van der Waals surface area contributed by atoms with Gasteiger partial charge in [0.05, 0.1) is 17.6 Å². The molecule has 0 aromatic carbocycles. The molecule has 0 atom stereocenters. The van der Waals surface area contributed by atoms with Gasteiger partial charge in [-0.2, -0.15) is 0 Å². The monoisotopic (exact) mass is 171 g/mol. The second-order valence-electron chi connectivity index (χ2n) is 2.67. The van der Waals surface area contributed by atoms with E-state index in [1.54, 1.807) is 6.20 Å². The van der Waals surface area contributed by atoms with E-state index in [0.29, 0.717) is 5.82 Å². The number of allylic oxidation sites excluding steroid dienone is 4. The molecule has 0 aliphatic heterocycles. The number of nitrogens with two attached hydrogens (primary N) is 1. The molecule has 0 amide bonds. The third-order valence-corrected chi connectivity index (χ3v) is 1.69. The molecular formula is C10H9N3. The van der Waals surface area contributed by atoms with Gasteiger partial charge in [-0.3, -0.25) is 4.98 Å². The van der Waals surface area contributed by atoms with Gasteiger partial charge < -0.3 is 5.73 Å². The van der Waals surface area contributed by atoms with Crippen LogP contribution in [0.25, 0.3) is 12.2 Å². The standard InChI is InChI=1S/C10H9N3/c11-10-7-12-8-5-3-1-2-4-6-9(8)13-10/h1-7H,(H2,11,13)/b2-1-,3-1?,4-2?,5-3-,6-4-,8-5?,9-6?. The van der Waals surface area contributed by atoms with Crippen molar-refractivity contribution in [1.82, 2.24) is 9.97 Å². The van der Waals surface area contributed by atoms with E-state index in [-0.39, 0.29) is 0 Å². The molecule has 2 N–H and O–H groups in total. The molecule has 1 heterocycles. The zero-order chi connectivity index (χ0) is 9.10. The number of hydrogen-bond donors (Lipinski definition) is 1. The maximum atomic E-state index is 5.52. The molecule has 64 valence electrons. The SMILES string of the molecule is Nc1cnc2c(n1)\C=C/C=C\C=C/2. The van der Waals surface area contributed by atoms with Crippen LogP contribution in [-0.4, -0.2) is 9.97 Å². The van der Waals surface area contributed by atoms with Crippen LogP contribution in [0, 0.1) is 0 Å². The van der Waals surface area contributed by atoms with Gasteiger partial charge >= 0.3 is 0 Å². The minimum atomic E-state index is 0.446. The van der Waals surface area contributed by atoms with Gasteiger partial charge in [0.15, 0.2) is 0 Å². The average Bonchev–Trinajstić information content (AvgIpc) is 2.08. The predicted octanol–water partition coefficient (Wildman–Crippen LogP) is 1.66. The molecule has 0 saturated heterocycles. The number of hydrogen-bond acceptors (Lipinski definition) is 3. The molecule has 0 spiro atoms.